The van der Waals surface area contributed by atoms with E-state index >= 15 is 0 Å². The molecule has 1 aliphatic carbocycles. The second-order valence-corrected chi connectivity index (χ2v) is 8.96. The Morgan fingerprint density at radius 2 is 2.19 bits per heavy atom. The summed E-state index contributed by atoms with van der Waals surface area (Å²) in [5.74, 6) is 0.812. The van der Waals surface area contributed by atoms with Crippen LogP contribution in [0.15, 0.2) is 29.1 Å². The number of rotatable bonds is 10. The number of nitrogens with zero attached hydrogens (tertiary/aromatic N) is 3. The number of aromatic nitrogens is 1. The summed E-state index contributed by atoms with van der Waals surface area (Å²) in [5.41, 5.74) is 0.517. The van der Waals surface area contributed by atoms with Crippen molar-refractivity contribution in [3.05, 3.63) is 43.8 Å². The van der Waals surface area contributed by atoms with E-state index in [2.05, 4.69) is 10.6 Å². The predicted octanol–water partition coefficient (Wildman–Crippen LogP) is 0.921. The number of amides is 1. The minimum atomic E-state index is -0.426. The van der Waals surface area contributed by atoms with Crippen LogP contribution in [0.25, 0.3) is 11.8 Å². The number of nitrogens with one attached hydrogen (secondary N) is 2. The summed E-state index contributed by atoms with van der Waals surface area (Å²) in [6.45, 7) is 4.14. The summed E-state index contributed by atoms with van der Waals surface area (Å²) in [4.78, 5) is 27.4. The van der Waals surface area contributed by atoms with Crippen molar-refractivity contribution in [2.75, 3.05) is 39.1 Å². The maximum Gasteiger partial charge on any atom is 0.270 e. The zero-order chi connectivity index (χ0) is 23.1. The van der Waals surface area contributed by atoms with Crippen molar-refractivity contribution in [2.24, 2.45) is 5.92 Å². The number of ether oxygens (including phenoxy) is 1. The molecule has 2 aromatic rings. The number of carbonyl (C=O) groups excluding carboxylic acids is 1. The molecule has 0 radical (unpaired) electrons. The van der Waals surface area contributed by atoms with Crippen LogP contribution in [-0.4, -0.2) is 49.2 Å². The van der Waals surface area contributed by atoms with Gasteiger partial charge >= 0.3 is 0 Å². The quantitative estimate of drug-likeness (QED) is 0.553. The number of benzene rings is 1. The summed E-state index contributed by atoms with van der Waals surface area (Å²) in [5, 5.41) is 15.5. The lowest BCUT2D eigenvalue weighted by Gasteiger charge is -2.11. The van der Waals surface area contributed by atoms with Crippen LogP contribution in [0.4, 0.5) is 5.69 Å². The normalized spacial score (nSPS) is 14.8. The van der Waals surface area contributed by atoms with Gasteiger partial charge in [0.15, 0.2) is 5.57 Å². The molecule has 1 fully saturated rings. The fraction of sp³-hybridized carbons (Fsp3) is 0.435. The molecule has 1 aromatic carbocycles. The van der Waals surface area contributed by atoms with E-state index in [1.165, 1.54) is 4.57 Å². The lowest BCUT2D eigenvalue weighted by atomic mass is 10.3. The molecule has 0 unspecified atom stereocenters. The summed E-state index contributed by atoms with van der Waals surface area (Å²) in [6, 6.07) is 9.47. The zero-order valence-electron chi connectivity index (χ0n) is 18.7. The van der Waals surface area contributed by atoms with E-state index in [0.29, 0.717) is 34.8 Å². The van der Waals surface area contributed by atoms with Crippen molar-refractivity contribution < 1.29 is 9.53 Å². The van der Waals surface area contributed by atoms with Crippen molar-refractivity contribution in [3.8, 4) is 11.8 Å². The van der Waals surface area contributed by atoms with Crippen LogP contribution in [0, 0.1) is 17.2 Å². The van der Waals surface area contributed by atoms with Gasteiger partial charge in [-0.25, -0.2) is 0 Å². The molecule has 1 aliphatic rings. The van der Waals surface area contributed by atoms with Gasteiger partial charge in [0, 0.05) is 37.6 Å². The smallest absolute Gasteiger partial charge is 0.270 e. The first-order valence-electron chi connectivity index (χ1n) is 10.7. The molecule has 1 heterocycles. The van der Waals surface area contributed by atoms with Gasteiger partial charge in [-0.3, -0.25) is 14.2 Å². The minimum Gasteiger partial charge on any atom is -0.492 e. The lowest BCUT2D eigenvalue weighted by Crippen LogP contribution is -2.35. The molecule has 0 spiro atoms. The minimum absolute atomic E-state index is 0.0226. The number of likely N-dealkylation sites (N-methyl/N-ethyl adjacent to an activating group) is 1. The summed E-state index contributed by atoms with van der Waals surface area (Å²) in [7, 11) is 3.97. The maximum absolute atomic E-state index is 12.9. The van der Waals surface area contributed by atoms with Crippen molar-refractivity contribution in [1.29, 1.82) is 5.26 Å². The zero-order valence-corrected chi connectivity index (χ0v) is 19.5. The number of hydrogen-bond acceptors (Lipinski definition) is 7. The van der Waals surface area contributed by atoms with Crippen molar-refractivity contribution in [3.63, 3.8) is 0 Å². The molecule has 1 aromatic heterocycles. The molecular weight excluding hydrogens is 426 g/mol. The first-order valence-corrected chi connectivity index (χ1v) is 11.5. The van der Waals surface area contributed by atoms with E-state index < -0.39 is 5.91 Å². The van der Waals surface area contributed by atoms with Crippen LogP contribution in [0.3, 0.4) is 0 Å². The van der Waals surface area contributed by atoms with Gasteiger partial charge in [-0.2, -0.15) is 5.26 Å². The Labute approximate surface area is 191 Å². The molecule has 1 amide bonds. The SMILES string of the molecule is CCn1c(=O)/c(=C\Nc2cccc(OCCN(C)C)c2)s/c1=C(/C#N)C(=O)NCC1CC1. The molecule has 0 aliphatic heterocycles. The predicted molar refractivity (Wildman–Crippen MR) is 127 cm³/mol. The molecule has 32 heavy (non-hydrogen) atoms. The molecule has 8 nitrogen and oxygen atoms in total. The number of anilines is 1. The fourth-order valence-electron chi connectivity index (χ4n) is 3.01. The number of hydrogen-bond donors (Lipinski definition) is 2. The van der Waals surface area contributed by atoms with Crippen molar-refractivity contribution >= 4 is 34.7 Å². The lowest BCUT2D eigenvalue weighted by molar-refractivity contribution is -0.115. The van der Waals surface area contributed by atoms with Crippen LogP contribution in [-0.2, 0) is 11.3 Å². The Morgan fingerprint density at radius 1 is 1.41 bits per heavy atom. The van der Waals surface area contributed by atoms with Crippen LogP contribution >= 0.6 is 11.3 Å². The van der Waals surface area contributed by atoms with Gasteiger partial charge < -0.3 is 20.3 Å². The Hall–Kier alpha value is -3.09. The van der Waals surface area contributed by atoms with Crippen molar-refractivity contribution in [2.45, 2.75) is 26.3 Å². The highest BCUT2D eigenvalue weighted by Gasteiger charge is 2.23. The Kier molecular flexibility index (Phi) is 8.09. The monoisotopic (exact) mass is 455 g/mol. The first kappa shape index (κ1) is 23.6. The van der Waals surface area contributed by atoms with Crippen molar-refractivity contribution in [1.82, 2.24) is 14.8 Å². The molecule has 170 valence electrons. The Balaban J connectivity index is 1.84. The molecule has 2 N–H and O–H groups in total. The number of thiazole rings is 1. The van der Waals surface area contributed by atoms with Gasteiger partial charge in [0.25, 0.3) is 11.5 Å². The highest BCUT2D eigenvalue weighted by Crippen LogP contribution is 2.27. The third kappa shape index (κ3) is 6.22. The van der Waals surface area contributed by atoms with E-state index in [9.17, 15) is 14.9 Å². The van der Waals surface area contributed by atoms with E-state index in [1.54, 1.807) is 6.20 Å². The van der Waals surface area contributed by atoms with Crippen LogP contribution in [0.5, 0.6) is 5.75 Å². The molecule has 0 saturated heterocycles. The van der Waals surface area contributed by atoms with Gasteiger partial charge in [0.2, 0.25) is 0 Å². The van der Waals surface area contributed by atoms with Crippen LogP contribution in [0.1, 0.15) is 19.8 Å². The number of nitriles is 1. The van der Waals surface area contributed by atoms with Gasteiger partial charge in [0.05, 0.1) is 0 Å². The fourth-order valence-corrected chi connectivity index (χ4v) is 4.09. The topological polar surface area (TPSA) is 99.4 Å². The average molecular weight is 456 g/mol. The molecular formula is C23H29N5O3S. The maximum atomic E-state index is 12.9. The highest BCUT2D eigenvalue weighted by atomic mass is 32.1. The van der Waals surface area contributed by atoms with Gasteiger partial charge in [-0.1, -0.05) is 6.07 Å². The molecule has 9 heteroatoms. The van der Waals surface area contributed by atoms with E-state index in [-0.39, 0.29) is 11.1 Å². The summed E-state index contributed by atoms with van der Waals surface area (Å²) in [6.07, 6.45) is 3.82. The first-order chi connectivity index (χ1) is 15.4. The Bertz CT molecular complexity index is 1170. The highest BCUT2D eigenvalue weighted by molar-refractivity contribution is 7.07. The van der Waals surface area contributed by atoms with Gasteiger partial charge in [0.1, 0.15) is 27.6 Å². The second kappa shape index (κ2) is 11.0. The summed E-state index contributed by atoms with van der Waals surface area (Å²) >= 11 is 1.14. The van der Waals surface area contributed by atoms with Gasteiger partial charge in [-0.15, -0.1) is 11.3 Å². The van der Waals surface area contributed by atoms with Crippen LogP contribution < -0.4 is 30.1 Å². The molecule has 1 saturated carbocycles. The van der Waals surface area contributed by atoms with Crippen LogP contribution in [0.2, 0.25) is 0 Å². The summed E-state index contributed by atoms with van der Waals surface area (Å²) < 4.78 is 8.01. The third-order valence-corrected chi connectivity index (χ3v) is 6.17. The molecule has 0 bridgehead atoms. The molecule has 3 rings (SSSR count). The van der Waals surface area contributed by atoms with E-state index in [1.807, 2.05) is 56.3 Å². The molecule has 0 atom stereocenters. The van der Waals surface area contributed by atoms with E-state index in [4.69, 9.17) is 4.74 Å². The second-order valence-electron chi connectivity index (χ2n) is 7.93. The standard InChI is InChI=1S/C23H29N5O3S/c1-4-28-22(30)20(32-23(28)19(13-24)21(29)26-14-16-8-9-16)15-25-17-6-5-7-18(12-17)31-11-10-27(2)3/h5-7,12,15-16,25H,4,8-11,14H2,1-3H3,(H,26,29)/b20-15+,23-19-. The van der Waals surface area contributed by atoms with E-state index in [0.717, 1.165) is 42.2 Å². The Morgan fingerprint density at radius 3 is 2.84 bits per heavy atom. The van der Waals surface area contributed by atoms with Gasteiger partial charge in [-0.05, 0) is 51.9 Å². The largest absolute Gasteiger partial charge is 0.492 e. The number of carbonyl (C=O) groups is 1. The average Bonchev–Trinajstić information content (AvgIpc) is 3.55. The third-order valence-electron chi connectivity index (χ3n) is 5.04.